The third kappa shape index (κ3) is 5.04. The van der Waals surface area contributed by atoms with E-state index in [0.717, 1.165) is 16.7 Å². The standard InChI is InChI=1S/C30H27N3O3/c1-19-8-10-24(20(2)16-19)29(21-6-4-3-5-7-21)33-28(34)17-23-9-11-26-25(32-23)18-27(36-26)30(35)22-12-14-31-15-13-22/h3-16,18,29-30,35H,17H2,1-2H3,(H,33,34)/t29?,30-/m0/s1. The molecule has 3 aromatic heterocycles. The maximum Gasteiger partial charge on any atom is 0.226 e. The van der Waals surface area contributed by atoms with Gasteiger partial charge in [0.05, 0.1) is 18.2 Å². The molecule has 0 radical (unpaired) electrons. The van der Waals surface area contributed by atoms with Crippen molar-refractivity contribution in [1.82, 2.24) is 15.3 Å². The van der Waals surface area contributed by atoms with Crippen LogP contribution < -0.4 is 5.32 Å². The molecule has 0 saturated carbocycles. The monoisotopic (exact) mass is 477 g/mol. The minimum absolute atomic E-state index is 0.123. The van der Waals surface area contributed by atoms with E-state index in [9.17, 15) is 9.90 Å². The summed E-state index contributed by atoms with van der Waals surface area (Å²) in [5.74, 6) is 0.264. The van der Waals surface area contributed by atoms with Crippen LogP contribution in [0, 0.1) is 13.8 Å². The van der Waals surface area contributed by atoms with Gasteiger partial charge in [0.25, 0.3) is 0 Å². The largest absolute Gasteiger partial charge is 0.456 e. The highest BCUT2D eigenvalue weighted by Gasteiger charge is 2.20. The number of aryl methyl sites for hydroxylation is 2. The molecule has 180 valence electrons. The molecule has 0 saturated heterocycles. The summed E-state index contributed by atoms with van der Waals surface area (Å²) in [5.41, 5.74) is 6.85. The normalized spacial score (nSPS) is 12.9. The van der Waals surface area contributed by atoms with Crippen LogP contribution >= 0.6 is 0 Å². The topological polar surface area (TPSA) is 88.2 Å². The summed E-state index contributed by atoms with van der Waals surface area (Å²) in [6, 6.07) is 24.7. The number of carbonyl (C=O) groups excluding carboxylic acids is 1. The summed E-state index contributed by atoms with van der Waals surface area (Å²) >= 11 is 0. The Hall–Kier alpha value is -4.29. The lowest BCUT2D eigenvalue weighted by molar-refractivity contribution is -0.121. The van der Waals surface area contributed by atoms with Gasteiger partial charge in [0.1, 0.15) is 17.4 Å². The number of furan rings is 1. The minimum atomic E-state index is -0.918. The number of aromatic nitrogens is 2. The van der Waals surface area contributed by atoms with Crippen LogP contribution in [0.4, 0.5) is 0 Å². The second-order valence-corrected chi connectivity index (χ2v) is 8.97. The molecule has 2 atom stereocenters. The van der Waals surface area contributed by atoms with Crippen molar-refractivity contribution in [2.24, 2.45) is 0 Å². The Bertz CT molecular complexity index is 1500. The fraction of sp³-hybridized carbons (Fsp3) is 0.167. The van der Waals surface area contributed by atoms with E-state index in [1.54, 1.807) is 42.7 Å². The number of hydrogen-bond acceptors (Lipinski definition) is 5. The number of amides is 1. The highest BCUT2D eigenvalue weighted by molar-refractivity contribution is 5.80. The molecule has 2 aromatic carbocycles. The first-order valence-electron chi connectivity index (χ1n) is 11.9. The zero-order valence-corrected chi connectivity index (χ0v) is 20.2. The predicted molar refractivity (Wildman–Crippen MR) is 138 cm³/mol. The van der Waals surface area contributed by atoms with Gasteiger partial charge in [0, 0.05) is 18.5 Å². The molecule has 6 nitrogen and oxygen atoms in total. The van der Waals surface area contributed by atoms with Crippen molar-refractivity contribution in [3.8, 4) is 0 Å². The number of nitrogens with one attached hydrogen (secondary N) is 1. The van der Waals surface area contributed by atoms with Gasteiger partial charge in [-0.05, 0) is 60.4 Å². The van der Waals surface area contributed by atoms with Gasteiger partial charge in [-0.1, -0.05) is 54.1 Å². The molecule has 3 heterocycles. The molecule has 0 fully saturated rings. The number of aliphatic hydroxyl groups is 1. The lowest BCUT2D eigenvalue weighted by atomic mass is 9.93. The summed E-state index contributed by atoms with van der Waals surface area (Å²) in [5, 5.41) is 13.9. The van der Waals surface area contributed by atoms with Gasteiger partial charge in [-0.3, -0.25) is 9.78 Å². The Kier molecular flexibility index (Phi) is 6.60. The number of benzene rings is 2. The van der Waals surface area contributed by atoms with Crippen LogP contribution in [0.1, 0.15) is 51.4 Å². The summed E-state index contributed by atoms with van der Waals surface area (Å²) in [7, 11) is 0. The van der Waals surface area contributed by atoms with Crippen LogP contribution in [0.25, 0.3) is 11.1 Å². The van der Waals surface area contributed by atoms with Crippen LogP contribution in [0.2, 0.25) is 0 Å². The van der Waals surface area contributed by atoms with Gasteiger partial charge in [-0.15, -0.1) is 0 Å². The molecule has 2 N–H and O–H groups in total. The third-order valence-electron chi connectivity index (χ3n) is 6.26. The molecule has 0 spiro atoms. The molecule has 1 unspecified atom stereocenters. The van der Waals surface area contributed by atoms with E-state index in [0.29, 0.717) is 28.1 Å². The van der Waals surface area contributed by atoms with E-state index in [1.807, 2.05) is 30.3 Å². The lowest BCUT2D eigenvalue weighted by Gasteiger charge is -2.22. The number of pyridine rings is 2. The van der Waals surface area contributed by atoms with Crippen molar-refractivity contribution >= 4 is 17.0 Å². The SMILES string of the molecule is Cc1ccc(C(NC(=O)Cc2ccc3oc([C@@H](O)c4ccncc4)cc3n2)c2ccccc2)c(C)c1. The van der Waals surface area contributed by atoms with Gasteiger partial charge >= 0.3 is 0 Å². The van der Waals surface area contributed by atoms with Crippen molar-refractivity contribution in [1.29, 1.82) is 0 Å². The quantitative estimate of drug-likeness (QED) is 0.329. The van der Waals surface area contributed by atoms with Gasteiger partial charge in [0.15, 0.2) is 5.58 Å². The molecule has 0 aliphatic carbocycles. The molecular weight excluding hydrogens is 450 g/mol. The highest BCUT2D eigenvalue weighted by atomic mass is 16.4. The summed E-state index contributed by atoms with van der Waals surface area (Å²) in [6.45, 7) is 4.13. The maximum atomic E-state index is 13.2. The molecule has 1 amide bonds. The zero-order chi connectivity index (χ0) is 25.1. The number of nitrogens with zero attached hydrogens (tertiary/aromatic N) is 2. The van der Waals surface area contributed by atoms with E-state index in [-0.39, 0.29) is 18.4 Å². The summed E-state index contributed by atoms with van der Waals surface area (Å²) in [4.78, 5) is 21.8. The first kappa shape index (κ1) is 23.5. The van der Waals surface area contributed by atoms with Gasteiger partial charge < -0.3 is 14.8 Å². The van der Waals surface area contributed by atoms with Gasteiger partial charge in [-0.25, -0.2) is 4.98 Å². The van der Waals surface area contributed by atoms with E-state index < -0.39 is 6.10 Å². The van der Waals surface area contributed by atoms with Gasteiger partial charge in [-0.2, -0.15) is 0 Å². The molecular formula is C30H27N3O3. The van der Waals surface area contributed by atoms with Crippen LogP contribution in [0.15, 0.2) is 95.7 Å². The Morgan fingerprint density at radius 3 is 2.47 bits per heavy atom. The fourth-order valence-corrected chi connectivity index (χ4v) is 4.44. The molecule has 5 rings (SSSR count). The van der Waals surface area contributed by atoms with Crippen LogP contribution in [0.3, 0.4) is 0 Å². The van der Waals surface area contributed by atoms with Crippen LogP contribution in [-0.2, 0) is 11.2 Å². The first-order valence-corrected chi connectivity index (χ1v) is 11.9. The lowest BCUT2D eigenvalue weighted by Crippen LogP contribution is -2.31. The fourth-order valence-electron chi connectivity index (χ4n) is 4.44. The smallest absolute Gasteiger partial charge is 0.226 e. The van der Waals surface area contributed by atoms with Gasteiger partial charge in [0.2, 0.25) is 5.91 Å². The molecule has 36 heavy (non-hydrogen) atoms. The second-order valence-electron chi connectivity index (χ2n) is 8.97. The molecule has 0 bridgehead atoms. The van der Waals surface area contributed by atoms with E-state index in [1.165, 1.54) is 5.56 Å². The third-order valence-corrected chi connectivity index (χ3v) is 6.26. The number of aliphatic hydroxyl groups excluding tert-OH is 1. The Morgan fingerprint density at radius 1 is 0.944 bits per heavy atom. The molecule has 6 heteroatoms. The van der Waals surface area contributed by atoms with Crippen molar-refractivity contribution in [3.05, 3.63) is 131 Å². The number of carbonyl (C=O) groups is 1. The second kappa shape index (κ2) is 10.1. The summed E-state index contributed by atoms with van der Waals surface area (Å²) < 4.78 is 5.81. The van der Waals surface area contributed by atoms with E-state index >= 15 is 0 Å². The Balaban J connectivity index is 1.36. The molecule has 0 aliphatic rings. The zero-order valence-electron chi connectivity index (χ0n) is 20.2. The number of rotatable bonds is 7. The first-order chi connectivity index (χ1) is 17.5. The highest BCUT2D eigenvalue weighted by Crippen LogP contribution is 2.28. The number of fused-ring (bicyclic) bond motifs is 1. The average molecular weight is 478 g/mol. The van der Waals surface area contributed by atoms with E-state index in [4.69, 9.17) is 4.42 Å². The predicted octanol–water partition coefficient (Wildman–Crippen LogP) is 5.37. The Labute approximate surface area is 209 Å². The summed E-state index contributed by atoms with van der Waals surface area (Å²) in [6.07, 6.45) is 2.45. The maximum absolute atomic E-state index is 13.2. The van der Waals surface area contributed by atoms with Crippen LogP contribution in [0.5, 0.6) is 0 Å². The van der Waals surface area contributed by atoms with Crippen molar-refractivity contribution < 1.29 is 14.3 Å². The van der Waals surface area contributed by atoms with Crippen molar-refractivity contribution in [3.63, 3.8) is 0 Å². The van der Waals surface area contributed by atoms with E-state index in [2.05, 4.69) is 47.3 Å². The molecule has 5 aromatic rings. The minimum Gasteiger partial charge on any atom is -0.456 e. The van der Waals surface area contributed by atoms with Crippen molar-refractivity contribution in [2.45, 2.75) is 32.4 Å². The molecule has 0 aliphatic heterocycles. The Morgan fingerprint density at radius 2 is 1.72 bits per heavy atom. The van der Waals surface area contributed by atoms with Crippen molar-refractivity contribution in [2.75, 3.05) is 0 Å². The average Bonchev–Trinajstić information content (AvgIpc) is 3.32. The number of hydrogen-bond donors (Lipinski definition) is 2. The van der Waals surface area contributed by atoms with Crippen LogP contribution in [-0.4, -0.2) is 21.0 Å².